The average molecular weight is 340 g/mol. The molecule has 1 atom stereocenters. The first-order valence-corrected chi connectivity index (χ1v) is 8.13. The van der Waals surface area contributed by atoms with E-state index in [1.165, 1.54) is 4.90 Å². The van der Waals surface area contributed by atoms with Crippen molar-refractivity contribution in [2.45, 2.75) is 19.5 Å². The fraction of sp³-hybridized carbons (Fsp3) is 0.278. The first-order valence-electron chi connectivity index (χ1n) is 8.13. The third-order valence-electron chi connectivity index (χ3n) is 3.97. The lowest BCUT2D eigenvalue weighted by Crippen LogP contribution is -2.58. The molecular formula is C18H20N4O3. The Kier molecular flexibility index (Phi) is 5.13. The van der Waals surface area contributed by atoms with E-state index in [0.717, 1.165) is 5.56 Å². The van der Waals surface area contributed by atoms with Gasteiger partial charge in [0.2, 0.25) is 11.8 Å². The van der Waals surface area contributed by atoms with E-state index < -0.39 is 6.04 Å². The summed E-state index contributed by atoms with van der Waals surface area (Å²) in [7, 11) is 0. The molecule has 1 aromatic carbocycles. The number of pyridine rings is 1. The number of hydrogen-bond acceptors (Lipinski definition) is 4. The summed E-state index contributed by atoms with van der Waals surface area (Å²) in [6.45, 7) is 3.03. The number of amides is 3. The van der Waals surface area contributed by atoms with Crippen molar-refractivity contribution < 1.29 is 14.3 Å². The van der Waals surface area contributed by atoms with Crippen molar-refractivity contribution in [2.75, 3.05) is 13.1 Å². The Hall–Kier alpha value is -3.09. The first kappa shape index (κ1) is 16.8. The van der Waals surface area contributed by atoms with E-state index in [1.54, 1.807) is 19.2 Å². The molecule has 25 heavy (non-hydrogen) atoms. The Morgan fingerprint density at radius 1 is 1.32 bits per heavy atom. The van der Waals surface area contributed by atoms with Gasteiger partial charge in [0, 0.05) is 31.9 Å². The molecule has 3 amide bonds. The first-order chi connectivity index (χ1) is 12.1. The highest BCUT2D eigenvalue weighted by molar-refractivity contribution is 5.87. The summed E-state index contributed by atoms with van der Waals surface area (Å²) in [6.07, 6.45) is 1.66. The van der Waals surface area contributed by atoms with Gasteiger partial charge in [0.1, 0.15) is 11.8 Å². The number of para-hydroxylation sites is 1. The molecule has 1 saturated heterocycles. The summed E-state index contributed by atoms with van der Waals surface area (Å²) in [6, 6.07) is 12.3. The molecule has 7 nitrogen and oxygen atoms in total. The fourth-order valence-electron chi connectivity index (χ4n) is 2.52. The van der Waals surface area contributed by atoms with Gasteiger partial charge in [-0.2, -0.15) is 0 Å². The van der Waals surface area contributed by atoms with E-state index in [2.05, 4.69) is 15.6 Å². The lowest BCUT2D eigenvalue weighted by Gasteiger charge is -2.32. The van der Waals surface area contributed by atoms with Crippen LogP contribution in [0.3, 0.4) is 0 Å². The molecule has 0 bridgehead atoms. The van der Waals surface area contributed by atoms with Gasteiger partial charge < -0.3 is 20.3 Å². The number of nitrogens with one attached hydrogen (secondary N) is 2. The molecule has 1 aliphatic rings. The molecule has 3 rings (SSSR count). The summed E-state index contributed by atoms with van der Waals surface area (Å²) in [5, 5.41) is 5.55. The van der Waals surface area contributed by atoms with Gasteiger partial charge in [-0.1, -0.05) is 24.3 Å². The van der Waals surface area contributed by atoms with Gasteiger partial charge in [-0.15, -0.1) is 0 Å². The topological polar surface area (TPSA) is 83.6 Å². The number of rotatable bonds is 4. The van der Waals surface area contributed by atoms with E-state index in [-0.39, 0.29) is 11.9 Å². The second-order valence-corrected chi connectivity index (χ2v) is 5.74. The molecule has 0 spiro atoms. The van der Waals surface area contributed by atoms with Crippen LogP contribution >= 0.6 is 0 Å². The number of nitrogens with zero attached hydrogens (tertiary/aromatic N) is 2. The minimum absolute atomic E-state index is 0.134. The molecule has 7 heteroatoms. The van der Waals surface area contributed by atoms with Crippen LogP contribution in [0.5, 0.6) is 11.6 Å². The van der Waals surface area contributed by atoms with Crippen molar-refractivity contribution in [1.29, 1.82) is 0 Å². The lowest BCUT2D eigenvalue weighted by atomic mass is 10.2. The van der Waals surface area contributed by atoms with E-state index in [9.17, 15) is 9.59 Å². The molecule has 1 aliphatic heterocycles. The highest BCUT2D eigenvalue weighted by atomic mass is 16.5. The zero-order valence-corrected chi connectivity index (χ0v) is 13.9. The third kappa shape index (κ3) is 4.26. The second kappa shape index (κ2) is 7.65. The van der Waals surface area contributed by atoms with Crippen LogP contribution < -0.4 is 15.4 Å². The summed E-state index contributed by atoms with van der Waals surface area (Å²) < 4.78 is 5.63. The predicted octanol–water partition coefficient (Wildman–Crippen LogP) is 1.90. The smallest absolute Gasteiger partial charge is 0.318 e. The maximum absolute atomic E-state index is 12.2. The third-order valence-corrected chi connectivity index (χ3v) is 3.97. The molecule has 0 aliphatic carbocycles. The van der Waals surface area contributed by atoms with Crippen molar-refractivity contribution in [1.82, 2.24) is 20.5 Å². The number of ether oxygens (including phenoxy) is 1. The van der Waals surface area contributed by atoms with Gasteiger partial charge in [-0.3, -0.25) is 4.79 Å². The standard InChI is InChI=1S/C18H20N4O3/c1-13-17(23)19-9-10-22(13)18(24)21-12-14-7-8-16(20-11-14)25-15-5-3-2-4-6-15/h2-8,11,13H,9-10,12H2,1H3,(H,19,23)(H,21,24)/t13-/m0/s1. The molecule has 0 saturated carbocycles. The van der Waals surface area contributed by atoms with Crippen LogP contribution in [-0.2, 0) is 11.3 Å². The zero-order chi connectivity index (χ0) is 17.6. The highest BCUT2D eigenvalue weighted by Crippen LogP contribution is 2.18. The van der Waals surface area contributed by atoms with Crippen molar-refractivity contribution in [3.63, 3.8) is 0 Å². The van der Waals surface area contributed by atoms with E-state index in [0.29, 0.717) is 31.3 Å². The molecular weight excluding hydrogens is 320 g/mol. The number of hydrogen-bond donors (Lipinski definition) is 2. The highest BCUT2D eigenvalue weighted by Gasteiger charge is 2.28. The van der Waals surface area contributed by atoms with Crippen molar-refractivity contribution in [2.24, 2.45) is 0 Å². The van der Waals surface area contributed by atoms with E-state index >= 15 is 0 Å². The van der Waals surface area contributed by atoms with Crippen molar-refractivity contribution in [3.05, 3.63) is 54.2 Å². The average Bonchev–Trinajstić information content (AvgIpc) is 2.64. The molecule has 1 fully saturated rings. The lowest BCUT2D eigenvalue weighted by molar-refractivity contribution is -0.126. The maximum Gasteiger partial charge on any atom is 0.318 e. The van der Waals surface area contributed by atoms with Gasteiger partial charge >= 0.3 is 6.03 Å². The van der Waals surface area contributed by atoms with Crippen molar-refractivity contribution >= 4 is 11.9 Å². The van der Waals surface area contributed by atoms with Crippen LogP contribution in [-0.4, -0.2) is 41.0 Å². The van der Waals surface area contributed by atoms with Crippen LogP contribution in [0.25, 0.3) is 0 Å². The number of carbonyl (C=O) groups excluding carboxylic acids is 2. The number of benzene rings is 1. The molecule has 2 aromatic rings. The maximum atomic E-state index is 12.2. The van der Waals surface area contributed by atoms with Gasteiger partial charge in [0.05, 0.1) is 0 Å². The number of urea groups is 1. The Morgan fingerprint density at radius 3 is 2.84 bits per heavy atom. The molecule has 0 radical (unpaired) electrons. The van der Waals surface area contributed by atoms with Gasteiger partial charge in [0.15, 0.2) is 0 Å². The van der Waals surface area contributed by atoms with Crippen LogP contribution in [0, 0.1) is 0 Å². The normalized spacial score (nSPS) is 16.9. The largest absolute Gasteiger partial charge is 0.439 e. The Balaban J connectivity index is 1.53. The Labute approximate surface area is 146 Å². The second-order valence-electron chi connectivity index (χ2n) is 5.74. The van der Waals surface area contributed by atoms with Gasteiger partial charge in [-0.25, -0.2) is 9.78 Å². The fourth-order valence-corrected chi connectivity index (χ4v) is 2.52. The summed E-state index contributed by atoms with van der Waals surface area (Å²) in [5.74, 6) is 1.07. The Morgan fingerprint density at radius 2 is 2.12 bits per heavy atom. The molecule has 2 N–H and O–H groups in total. The van der Waals surface area contributed by atoms with Crippen LogP contribution in [0.2, 0.25) is 0 Å². The van der Waals surface area contributed by atoms with Crippen molar-refractivity contribution in [3.8, 4) is 11.6 Å². The van der Waals surface area contributed by atoms with Gasteiger partial charge in [0.25, 0.3) is 0 Å². The predicted molar refractivity (Wildman–Crippen MR) is 92.2 cm³/mol. The minimum Gasteiger partial charge on any atom is -0.439 e. The SMILES string of the molecule is C[C@H]1C(=O)NCCN1C(=O)NCc1ccc(Oc2ccccc2)nc1. The summed E-state index contributed by atoms with van der Waals surface area (Å²) in [5.41, 5.74) is 0.850. The summed E-state index contributed by atoms with van der Waals surface area (Å²) in [4.78, 5) is 29.6. The molecule has 0 unspecified atom stereocenters. The number of piperazine rings is 1. The van der Waals surface area contributed by atoms with Gasteiger partial charge in [-0.05, 0) is 24.6 Å². The minimum atomic E-state index is -0.464. The summed E-state index contributed by atoms with van der Waals surface area (Å²) >= 11 is 0. The van der Waals surface area contributed by atoms with Crippen LogP contribution in [0.4, 0.5) is 4.79 Å². The number of aromatic nitrogens is 1. The van der Waals surface area contributed by atoms with Crippen LogP contribution in [0.1, 0.15) is 12.5 Å². The molecule has 1 aromatic heterocycles. The van der Waals surface area contributed by atoms with E-state index in [4.69, 9.17) is 4.74 Å². The zero-order valence-electron chi connectivity index (χ0n) is 13.9. The molecule has 2 heterocycles. The van der Waals surface area contributed by atoms with E-state index in [1.807, 2.05) is 36.4 Å². The van der Waals surface area contributed by atoms with Crippen LogP contribution in [0.15, 0.2) is 48.7 Å². The monoisotopic (exact) mass is 340 g/mol. The molecule has 130 valence electrons. The quantitative estimate of drug-likeness (QED) is 0.890. The Bertz CT molecular complexity index is 734. The number of carbonyl (C=O) groups is 2.